The van der Waals surface area contributed by atoms with Crippen LogP contribution in [0.15, 0.2) is 54.6 Å². The van der Waals surface area contributed by atoms with Crippen LogP contribution < -0.4 is 20.7 Å². The van der Waals surface area contributed by atoms with Crippen LogP contribution in [0.5, 0.6) is 11.5 Å². The molecule has 2 atom stereocenters. The zero-order chi connectivity index (χ0) is 28.4. The van der Waals surface area contributed by atoms with Crippen LogP contribution in [0.2, 0.25) is 0 Å². The predicted octanol–water partition coefficient (Wildman–Crippen LogP) is 2.10. The molecule has 2 aromatic rings. The highest BCUT2D eigenvalue weighted by Crippen LogP contribution is 2.41. The number of hydrogen-bond donors (Lipinski definition) is 5. The van der Waals surface area contributed by atoms with Gasteiger partial charge in [0.05, 0.1) is 12.5 Å². The molecule has 206 valence electrons. The van der Waals surface area contributed by atoms with Gasteiger partial charge in [0.25, 0.3) is 0 Å². The van der Waals surface area contributed by atoms with E-state index in [9.17, 15) is 28.8 Å². The summed E-state index contributed by atoms with van der Waals surface area (Å²) in [4.78, 5) is 72.6. The quantitative estimate of drug-likeness (QED) is 0.177. The molecule has 39 heavy (non-hydrogen) atoms. The van der Waals surface area contributed by atoms with E-state index in [1.165, 1.54) is 0 Å². The van der Waals surface area contributed by atoms with E-state index in [0.717, 1.165) is 0 Å². The van der Waals surface area contributed by atoms with Crippen LogP contribution in [0.4, 0.5) is 5.69 Å². The number of amides is 3. The second-order valence-electron chi connectivity index (χ2n) is 9.14. The third kappa shape index (κ3) is 7.87. The fourth-order valence-corrected chi connectivity index (χ4v) is 4.04. The molecular weight excluding hydrogens is 510 g/mol. The van der Waals surface area contributed by atoms with Gasteiger partial charge in [-0.05, 0) is 43.5 Å². The van der Waals surface area contributed by atoms with Gasteiger partial charge in [-0.25, -0.2) is 0 Å². The molecule has 0 saturated heterocycles. The summed E-state index contributed by atoms with van der Waals surface area (Å²) in [5, 5.41) is 25.5. The standard InChI is InChI=1S/C27H29N3O9/c31-16-18(15-23(34)35)29-25(37)27(12-5-13-27)26(38)30-21(10-11-22(32)33)24(36)28-17-6-4-9-20(14-17)39-19-7-2-1-3-8-19/h1-4,6-9,14,16,18,21H,5,10-13,15H2,(H,28,36)(H,29,37)(H,30,38)(H,32,33)(H,34,35). The summed E-state index contributed by atoms with van der Waals surface area (Å²) in [5.74, 6) is -3.81. The molecule has 1 aliphatic rings. The number of carbonyl (C=O) groups is 6. The van der Waals surface area contributed by atoms with Crippen molar-refractivity contribution in [2.45, 2.75) is 50.6 Å². The molecule has 5 N–H and O–H groups in total. The molecular formula is C27H29N3O9. The summed E-state index contributed by atoms with van der Waals surface area (Å²) in [5.41, 5.74) is -1.27. The van der Waals surface area contributed by atoms with Gasteiger partial charge in [0, 0.05) is 18.2 Å². The van der Waals surface area contributed by atoms with Gasteiger partial charge in [-0.15, -0.1) is 0 Å². The fourth-order valence-electron chi connectivity index (χ4n) is 4.04. The van der Waals surface area contributed by atoms with Crippen LogP contribution in [0, 0.1) is 5.41 Å². The Kier molecular flexibility index (Phi) is 9.74. The van der Waals surface area contributed by atoms with Crippen molar-refractivity contribution in [3.63, 3.8) is 0 Å². The Bertz CT molecular complexity index is 1230. The van der Waals surface area contributed by atoms with Crippen LogP contribution in [0.1, 0.15) is 38.5 Å². The zero-order valence-corrected chi connectivity index (χ0v) is 20.9. The molecule has 3 rings (SSSR count). The van der Waals surface area contributed by atoms with E-state index in [1.54, 1.807) is 48.5 Å². The van der Waals surface area contributed by atoms with Crippen LogP contribution in [0.25, 0.3) is 0 Å². The number of benzene rings is 2. The van der Waals surface area contributed by atoms with E-state index < -0.39 is 60.0 Å². The third-order valence-electron chi connectivity index (χ3n) is 6.30. The molecule has 0 radical (unpaired) electrons. The SMILES string of the molecule is O=CC(CC(=O)O)NC(=O)C1(C(=O)NC(CCC(=O)O)C(=O)Nc2cccc(Oc3ccccc3)c2)CCC1. The molecule has 1 fully saturated rings. The number of carboxylic acid groups (broad SMARTS) is 2. The summed E-state index contributed by atoms with van der Waals surface area (Å²) >= 11 is 0. The molecule has 0 aromatic heterocycles. The molecule has 2 aromatic carbocycles. The van der Waals surface area contributed by atoms with E-state index in [1.807, 2.05) is 6.07 Å². The smallest absolute Gasteiger partial charge is 0.305 e. The minimum absolute atomic E-state index is 0.120. The zero-order valence-electron chi connectivity index (χ0n) is 20.9. The number of aldehydes is 1. The Balaban J connectivity index is 1.72. The molecule has 0 bridgehead atoms. The number of anilines is 1. The Morgan fingerprint density at radius 3 is 2.15 bits per heavy atom. The highest BCUT2D eigenvalue weighted by Gasteiger charge is 2.52. The monoisotopic (exact) mass is 539 g/mol. The number of carbonyl (C=O) groups excluding carboxylic acids is 4. The van der Waals surface area contributed by atoms with Crippen molar-refractivity contribution in [2.24, 2.45) is 5.41 Å². The summed E-state index contributed by atoms with van der Waals surface area (Å²) in [6.07, 6.45) is -0.295. The number of nitrogens with one attached hydrogen (secondary N) is 3. The van der Waals surface area contributed by atoms with Crippen molar-refractivity contribution in [1.29, 1.82) is 0 Å². The lowest BCUT2D eigenvalue weighted by atomic mass is 9.67. The average molecular weight is 540 g/mol. The molecule has 0 heterocycles. The lowest BCUT2D eigenvalue weighted by Gasteiger charge is -2.39. The molecule has 0 spiro atoms. The van der Waals surface area contributed by atoms with Crippen molar-refractivity contribution in [2.75, 3.05) is 5.32 Å². The van der Waals surface area contributed by atoms with Gasteiger partial charge >= 0.3 is 11.9 Å². The lowest BCUT2D eigenvalue weighted by molar-refractivity contribution is -0.152. The van der Waals surface area contributed by atoms with Crippen LogP contribution >= 0.6 is 0 Å². The summed E-state index contributed by atoms with van der Waals surface area (Å²) in [6.45, 7) is 0. The first-order chi connectivity index (χ1) is 18.6. The van der Waals surface area contributed by atoms with Gasteiger partial charge in [0.1, 0.15) is 29.2 Å². The van der Waals surface area contributed by atoms with Gasteiger partial charge < -0.3 is 35.7 Å². The molecule has 12 heteroatoms. The van der Waals surface area contributed by atoms with Crippen molar-refractivity contribution >= 4 is 41.6 Å². The fraction of sp³-hybridized carbons (Fsp3) is 0.333. The van der Waals surface area contributed by atoms with E-state index in [2.05, 4.69) is 16.0 Å². The van der Waals surface area contributed by atoms with Crippen molar-refractivity contribution in [1.82, 2.24) is 10.6 Å². The molecule has 2 unspecified atom stereocenters. The summed E-state index contributed by atoms with van der Waals surface area (Å²) in [7, 11) is 0. The summed E-state index contributed by atoms with van der Waals surface area (Å²) < 4.78 is 5.76. The average Bonchev–Trinajstić information content (AvgIpc) is 2.85. The van der Waals surface area contributed by atoms with Gasteiger partial charge in [0.15, 0.2) is 0 Å². The summed E-state index contributed by atoms with van der Waals surface area (Å²) in [6, 6.07) is 12.8. The number of para-hydroxylation sites is 1. The number of hydrogen-bond acceptors (Lipinski definition) is 7. The molecule has 12 nitrogen and oxygen atoms in total. The minimum Gasteiger partial charge on any atom is -0.481 e. The van der Waals surface area contributed by atoms with E-state index in [0.29, 0.717) is 23.6 Å². The largest absolute Gasteiger partial charge is 0.481 e. The lowest BCUT2D eigenvalue weighted by Crippen LogP contribution is -2.60. The van der Waals surface area contributed by atoms with Crippen LogP contribution in [0.3, 0.4) is 0 Å². The molecule has 1 aliphatic carbocycles. The molecule has 3 amide bonds. The highest BCUT2D eigenvalue weighted by atomic mass is 16.5. The van der Waals surface area contributed by atoms with Gasteiger partial charge in [0.2, 0.25) is 17.7 Å². The van der Waals surface area contributed by atoms with E-state index in [4.69, 9.17) is 14.9 Å². The third-order valence-corrected chi connectivity index (χ3v) is 6.30. The maximum absolute atomic E-state index is 13.2. The van der Waals surface area contributed by atoms with E-state index in [-0.39, 0.29) is 25.5 Å². The number of rotatable bonds is 14. The van der Waals surface area contributed by atoms with Gasteiger partial charge in [-0.2, -0.15) is 0 Å². The number of carboxylic acids is 2. The second-order valence-corrected chi connectivity index (χ2v) is 9.14. The normalized spacial score (nSPS) is 15.0. The first-order valence-corrected chi connectivity index (χ1v) is 12.3. The van der Waals surface area contributed by atoms with Crippen LogP contribution in [-0.4, -0.2) is 58.2 Å². The van der Waals surface area contributed by atoms with Crippen molar-refractivity contribution in [3.8, 4) is 11.5 Å². The first-order valence-electron chi connectivity index (χ1n) is 12.3. The molecule has 1 saturated carbocycles. The maximum atomic E-state index is 13.2. The second kappa shape index (κ2) is 13.2. The number of ether oxygens (including phenoxy) is 1. The number of aliphatic carboxylic acids is 2. The van der Waals surface area contributed by atoms with Crippen LogP contribution in [-0.2, 0) is 28.8 Å². The predicted molar refractivity (Wildman–Crippen MR) is 137 cm³/mol. The topological polar surface area (TPSA) is 188 Å². The molecule has 0 aliphatic heterocycles. The van der Waals surface area contributed by atoms with Gasteiger partial charge in [-0.1, -0.05) is 30.7 Å². The first kappa shape index (κ1) is 28.8. The van der Waals surface area contributed by atoms with E-state index >= 15 is 0 Å². The highest BCUT2D eigenvalue weighted by molar-refractivity contribution is 6.08. The maximum Gasteiger partial charge on any atom is 0.305 e. The van der Waals surface area contributed by atoms with Crippen molar-refractivity contribution < 1.29 is 43.7 Å². The van der Waals surface area contributed by atoms with Gasteiger partial charge in [-0.3, -0.25) is 24.0 Å². The Morgan fingerprint density at radius 1 is 0.897 bits per heavy atom. The Labute approximate surface area is 223 Å². The Hall–Kier alpha value is -4.74. The van der Waals surface area contributed by atoms with Crippen molar-refractivity contribution in [3.05, 3.63) is 54.6 Å². The Morgan fingerprint density at radius 2 is 1.56 bits per heavy atom. The minimum atomic E-state index is -1.61.